The van der Waals surface area contributed by atoms with Crippen molar-refractivity contribution in [3.8, 4) is 0 Å². The van der Waals surface area contributed by atoms with Crippen molar-refractivity contribution >= 4 is 11.7 Å². The number of piperidine rings is 1. The molecule has 3 unspecified atom stereocenters. The fraction of sp³-hybridized carbons (Fsp3) is 0.167. The fourth-order valence-electron chi connectivity index (χ4n) is 4.04. The SMILES string of the molecule is NC(=O)NN=C1CC(c2ccccc2)NC(c2ccccc2)C1c1ccccc1. The Morgan fingerprint density at radius 1 is 0.828 bits per heavy atom. The van der Waals surface area contributed by atoms with E-state index in [4.69, 9.17) is 5.73 Å². The first-order valence-corrected chi connectivity index (χ1v) is 9.75. The second-order valence-electron chi connectivity index (χ2n) is 7.19. The van der Waals surface area contributed by atoms with E-state index < -0.39 is 6.03 Å². The van der Waals surface area contributed by atoms with Crippen molar-refractivity contribution in [3.05, 3.63) is 108 Å². The van der Waals surface area contributed by atoms with E-state index in [1.54, 1.807) is 0 Å². The lowest BCUT2D eigenvalue weighted by atomic mass is 9.77. The number of benzene rings is 3. The zero-order valence-electron chi connectivity index (χ0n) is 16.0. The molecule has 3 aromatic rings. The lowest BCUT2D eigenvalue weighted by Gasteiger charge is -2.39. The zero-order valence-corrected chi connectivity index (χ0v) is 16.0. The van der Waals surface area contributed by atoms with Crippen LogP contribution in [-0.4, -0.2) is 11.7 Å². The quantitative estimate of drug-likeness (QED) is 0.587. The van der Waals surface area contributed by atoms with E-state index in [1.807, 2.05) is 54.6 Å². The maximum atomic E-state index is 11.4. The number of hydrogen-bond acceptors (Lipinski definition) is 3. The highest BCUT2D eigenvalue weighted by Crippen LogP contribution is 2.41. The molecule has 0 aromatic heterocycles. The van der Waals surface area contributed by atoms with Gasteiger partial charge < -0.3 is 11.1 Å². The molecular formula is C24H24N4O. The third kappa shape index (κ3) is 4.36. The van der Waals surface area contributed by atoms with Crippen molar-refractivity contribution < 1.29 is 4.79 Å². The third-order valence-corrected chi connectivity index (χ3v) is 5.32. The third-order valence-electron chi connectivity index (χ3n) is 5.32. The number of rotatable bonds is 4. The predicted molar refractivity (Wildman–Crippen MR) is 115 cm³/mol. The Balaban J connectivity index is 1.80. The largest absolute Gasteiger partial charge is 0.350 e. The topological polar surface area (TPSA) is 79.5 Å². The summed E-state index contributed by atoms with van der Waals surface area (Å²) in [4.78, 5) is 11.4. The Labute approximate surface area is 170 Å². The summed E-state index contributed by atoms with van der Waals surface area (Å²) in [5.74, 6) is -0.0228. The van der Waals surface area contributed by atoms with E-state index in [-0.39, 0.29) is 18.0 Å². The molecule has 2 amide bonds. The highest BCUT2D eigenvalue weighted by Gasteiger charge is 2.37. The Bertz CT molecular complexity index is 974. The first-order valence-electron chi connectivity index (χ1n) is 9.75. The number of urea groups is 1. The van der Waals surface area contributed by atoms with E-state index in [9.17, 15) is 4.79 Å². The van der Waals surface area contributed by atoms with Gasteiger partial charge in [-0.25, -0.2) is 10.2 Å². The number of hydrazone groups is 1. The molecule has 4 N–H and O–H groups in total. The average Bonchev–Trinajstić information content (AvgIpc) is 2.79. The molecule has 5 nitrogen and oxygen atoms in total. The molecule has 29 heavy (non-hydrogen) atoms. The highest BCUT2D eigenvalue weighted by molar-refractivity contribution is 5.94. The van der Waals surface area contributed by atoms with Gasteiger partial charge in [0.1, 0.15) is 0 Å². The molecule has 1 saturated heterocycles. The van der Waals surface area contributed by atoms with Gasteiger partial charge in [-0.3, -0.25) is 0 Å². The predicted octanol–water partition coefficient (Wildman–Crippen LogP) is 4.27. The first kappa shape index (κ1) is 18.9. The van der Waals surface area contributed by atoms with Crippen LogP contribution in [0.2, 0.25) is 0 Å². The number of carbonyl (C=O) groups excluding carboxylic acids is 1. The van der Waals surface area contributed by atoms with E-state index in [2.05, 4.69) is 52.2 Å². The van der Waals surface area contributed by atoms with Crippen LogP contribution in [0, 0.1) is 0 Å². The van der Waals surface area contributed by atoms with Crippen LogP contribution in [-0.2, 0) is 0 Å². The van der Waals surface area contributed by atoms with E-state index >= 15 is 0 Å². The molecule has 0 bridgehead atoms. The van der Waals surface area contributed by atoms with Gasteiger partial charge >= 0.3 is 6.03 Å². The smallest absolute Gasteiger partial charge is 0.332 e. The van der Waals surface area contributed by atoms with Gasteiger partial charge in [-0.15, -0.1) is 0 Å². The Morgan fingerprint density at radius 2 is 1.34 bits per heavy atom. The summed E-state index contributed by atoms with van der Waals surface area (Å²) >= 11 is 0. The molecule has 0 saturated carbocycles. The number of nitrogens with two attached hydrogens (primary N) is 1. The van der Waals surface area contributed by atoms with Crippen molar-refractivity contribution in [3.63, 3.8) is 0 Å². The van der Waals surface area contributed by atoms with Crippen LogP contribution >= 0.6 is 0 Å². The minimum atomic E-state index is -0.657. The minimum Gasteiger partial charge on any atom is -0.350 e. The van der Waals surface area contributed by atoms with Crippen LogP contribution in [0.1, 0.15) is 41.1 Å². The van der Waals surface area contributed by atoms with E-state index in [0.29, 0.717) is 6.42 Å². The maximum Gasteiger partial charge on any atom is 0.332 e. The molecule has 1 fully saturated rings. The summed E-state index contributed by atoms with van der Waals surface area (Å²) < 4.78 is 0. The number of nitrogens with one attached hydrogen (secondary N) is 2. The summed E-state index contributed by atoms with van der Waals surface area (Å²) in [5, 5.41) is 8.27. The van der Waals surface area contributed by atoms with Gasteiger partial charge in [-0.05, 0) is 16.7 Å². The van der Waals surface area contributed by atoms with Crippen molar-refractivity contribution in [1.82, 2.24) is 10.7 Å². The maximum absolute atomic E-state index is 11.4. The van der Waals surface area contributed by atoms with Crippen molar-refractivity contribution in [2.45, 2.75) is 24.4 Å². The summed E-state index contributed by atoms with van der Waals surface area (Å²) in [7, 11) is 0. The summed E-state index contributed by atoms with van der Waals surface area (Å²) in [6, 6.07) is 30.4. The molecule has 0 radical (unpaired) electrons. The summed E-state index contributed by atoms with van der Waals surface area (Å²) in [5.41, 5.74) is 12.2. The summed E-state index contributed by atoms with van der Waals surface area (Å²) in [6.07, 6.45) is 0.674. The van der Waals surface area contributed by atoms with Gasteiger partial charge in [0.25, 0.3) is 0 Å². The number of hydrogen-bond donors (Lipinski definition) is 3. The van der Waals surface area contributed by atoms with Gasteiger partial charge in [-0.1, -0.05) is 91.0 Å². The molecule has 5 heteroatoms. The van der Waals surface area contributed by atoms with Crippen LogP contribution in [0.15, 0.2) is 96.1 Å². The second kappa shape index (κ2) is 8.71. The van der Waals surface area contributed by atoms with Crippen molar-refractivity contribution in [2.24, 2.45) is 10.8 Å². The lowest BCUT2D eigenvalue weighted by molar-refractivity contribution is 0.249. The monoisotopic (exact) mass is 384 g/mol. The van der Waals surface area contributed by atoms with Gasteiger partial charge in [0.05, 0.1) is 0 Å². The molecule has 3 aromatic carbocycles. The van der Waals surface area contributed by atoms with Crippen LogP contribution in [0.4, 0.5) is 4.79 Å². The molecule has 1 aliphatic heterocycles. The van der Waals surface area contributed by atoms with Crippen molar-refractivity contribution in [2.75, 3.05) is 0 Å². The first-order chi connectivity index (χ1) is 14.2. The lowest BCUT2D eigenvalue weighted by Crippen LogP contribution is -2.42. The number of carbonyl (C=O) groups is 1. The molecule has 3 atom stereocenters. The molecule has 146 valence electrons. The molecule has 4 rings (SSSR count). The molecular weight excluding hydrogens is 360 g/mol. The van der Waals surface area contributed by atoms with Gasteiger partial charge in [0.15, 0.2) is 0 Å². The van der Waals surface area contributed by atoms with Crippen LogP contribution in [0.3, 0.4) is 0 Å². The standard InChI is InChI=1S/C24H24N4O/c25-24(29)28-27-21-16-20(17-10-4-1-5-11-17)26-23(19-14-8-3-9-15-19)22(21)18-12-6-2-7-13-18/h1-15,20,22-23,26H,16H2,(H3,25,28,29). The van der Waals surface area contributed by atoms with Crippen LogP contribution < -0.4 is 16.5 Å². The Hall–Kier alpha value is -3.44. The number of nitrogens with zero attached hydrogens (tertiary/aromatic N) is 1. The Morgan fingerprint density at radius 3 is 1.90 bits per heavy atom. The fourth-order valence-corrected chi connectivity index (χ4v) is 4.04. The zero-order chi connectivity index (χ0) is 20.1. The number of amides is 2. The molecule has 1 heterocycles. The van der Waals surface area contributed by atoms with E-state index in [0.717, 1.165) is 11.3 Å². The van der Waals surface area contributed by atoms with Crippen LogP contribution in [0.25, 0.3) is 0 Å². The van der Waals surface area contributed by atoms with Gasteiger partial charge in [-0.2, -0.15) is 5.10 Å². The van der Waals surface area contributed by atoms with Crippen molar-refractivity contribution in [1.29, 1.82) is 0 Å². The minimum absolute atomic E-state index is 0.00554. The Kier molecular flexibility index (Phi) is 5.68. The molecule has 1 aliphatic rings. The number of primary amides is 1. The molecule has 0 aliphatic carbocycles. The second-order valence-corrected chi connectivity index (χ2v) is 7.19. The molecule has 0 spiro atoms. The normalized spacial score (nSPS) is 22.9. The van der Waals surface area contributed by atoms with Gasteiger partial charge in [0, 0.05) is 30.1 Å². The van der Waals surface area contributed by atoms with E-state index in [1.165, 1.54) is 11.1 Å². The highest BCUT2D eigenvalue weighted by atomic mass is 16.2. The summed E-state index contributed by atoms with van der Waals surface area (Å²) in [6.45, 7) is 0. The van der Waals surface area contributed by atoms with Crippen LogP contribution in [0.5, 0.6) is 0 Å². The van der Waals surface area contributed by atoms with Gasteiger partial charge in [0.2, 0.25) is 0 Å². The average molecular weight is 384 g/mol.